The third-order valence-electron chi connectivity index (χ3n) is 1.64. The van der Waals surface area contributed by atoms with Gasteiger partial charge in [-0.1, -0.05) is 5.06 Å². The molecule has 0 aromatic heterocycles. The summed E-state index contributed by atoms with van der Waals surface area (Å²) in [5.41, 5.74) is 0. The summed E-state index contributed by atoms with van der Waals surface area (Å²) in [6.45, 7) is 1.33. The van der Waals surface area contributed by atoms with Crippen molar-refractivity contribution in [3.63, 3.8) is 0 Å². The van der Waals surface area contributed by atoms with E-state index in [-0.39, 0.29) is 18.6 Å². The third kappa shape index (κ3) is 3.01. The summed E-state index contributed by atoms with van der Waals surface area (Å²) in [7, 11) is 0. The molecule has 0 radical (unpaired) electrons. The van der Waals surface area contributed by atoms with E-state index in [1.54, 1.807) is 0 Å². The van der Waals surface area contributed by atoms with Gasteiger partial charge in [-0.25, -0.2) is 4.79 Å². The topological polar surface area (TPSA) is 80.8 Å². The molecule has 15 heavy (non-hydrogen) atoms. The van der Waals surface area contributed by atoms with Gasteiger partial charge in [0, 0.05) is 18.6 Å². The van der Waals surface area contributed by atoms with E-state index in [1.807, 2.05) is 0 Å². The van der Waals surface area contributed by atoms with Crippen molar-refractivity contribution in [1.82, 2.24) is 5.06 Å². The number of amides is 2. The predicted molar refractivity (Wildman–Crippen MR) is 47.0 cm³/mol. The highest BCUT2D eigenvalue weighted by Crippen LogP contribution is 2.06. The van der Waals surface area contributed by atoms with Crippen LogP contribution in [0, 0.1) is 0 Å². The van der Waals surface area contributed by atoms with Gasteiger partial charge < -0.3 is 9.63 Å². The zero-order valence-corrected chi connectivity index (χ0v) is 8.06. The fourth-order valence-electron chi connectivity index (χ4n) is 0.902. The van der Waals surface area contributed by atoms with Crippen LogP contribution in [-0.4, -0.2) is 28.6 Å². The maximum Gasteiger partial charge on any atom is 0.333 e. The van der Waals surface area contributed by atoms with Gasteiger partial charge in [0.2, 0.25) is 0 Å². The Morgan fingerprint density at radius 3 is 2.20 bits per heavy atom. The molecule has 2 amide bonds. The van der Waals surface area contributed by atoms with Crippen LogP contribution in [0.2, 0.25) is 0 Å². The molecule has 80 valence electrons. The van der Waals surface area contributed by atoms with E-state index >= 15 is 0 Å². The summed E-state index contributed by atoms with van der Waals surface area (Å²) in [6, 6.07) is 0. The van der Waals surface area contributed by atoms with Gasteiger partial charge >= 0.3 is 5.97 Å². The van der Waals surface area contributed by atoms with Gasteiger partial charge in [0.25, 0.3) is 11.8 Å². The Morgan fingerprint density at radius 2 is 1.73 bits per heavy atom. The minimum absolute atomic E-state index is 0.0302. The van der Waals surface area contributed by atoms with Crippen molar-refractivity contribution in [2.75, 3.05) is 0 Å². The number of ketones is 1. The van der Waals surface area contributed by atoms with Crippen molar-refractivity contribution in [3.8, 4) is 0 Å². The second kappa shape index (κ2) is 4.50. The smallest absolute Gasteiger partial charge is 0.330 e. The Labute approximate surface area is 85.4 Å². The first-order valence-electron chi connectivity index (χ1n) is 4.27. The maximum absolute atomic E-state index is 11.0. The molecule has 0 aliphatic carbocycles. The monoisotopic (exact) mass is 211 g/mol. The second-order valence-corrected chi connectivity index (χ2v) is 2.97. The van der Waals surface area contributed by atoms with Gasteiger partial charge in [-0.3, -0.25) is 9.59 Å². The fourth-order valence-corrected chi connectivity index (χ4v) is 0.902. The van der Waals surface area contributed by atoms with Crippen LogP contribution in [0.1, 0.15) is 19.8 Å². The number of carbonyl (C=O) groups excluding carboxylic acids is 4. The molecule has 0 unspecified atom stereocenters. The minimum Gasteiger partial charge on any atom is -0.330 e. The molecule has 0 fully saturated rings. The molecule has 6 nitrogen and oxygen atoms in total. The average molecular weight is 211 g/mol. The summed E-state index contributed by atoms with van der Waals surface area (Å²) >= 11 is 0. The lowest BCUT2D eigenvalue weighted by molar-refractivity contribution is -0.196. The number of nitrogens with zero attached hydrogens (tertiary/aromatic N) is 1. The number of carbonyl (C=O) groups is 4. The van der Waals surface area contributed by atoms with Crippen LogP contribution < -0.4 is 0 Å². The lowest BCUT2D eigenvalue weighted by Gasteiger charge is -2.11. The average Bonchev–Trinajstić information content (AvgIpc) is 2.46. The third-order valence-corrected chi connectivity index (χ3v) is 1.64. The van der Waals surface area contributed by atoms with Crippen molar-refractivity contribution in [2.45, 2.75) is 19.8 Å². The van der Waals surface area contributed by atoms with E-state index in [9.17, 15) is 19.2 Å². The van der Waals surface area contributed by atoms with E-state index in [4.69, 9.17) is 0 Å². The molecule has 6 heteroatoms. The summed E-state index contributed by atoms with van der Waals surface area (Å²) < 4.78 is 0. The Bertz CT molecular complexity index is 340. The number of imide groups is 1. The van der Waals surface area contributed by atoms with Gasteiger partial charge in [0.15, 0.2) is 0 Å². The highest BCUT2D eigenvalue weighted by atomic mass is 16.7. The van der Waals surface area contributed by atoms with Crippen LogP contribution in [0.5, 0.6) is 0 Å². The fraction of sp³-hybridized carbons (Fsp3) is 0.333. The maximum atomic E-state index is 11.0. The number of hydrogen-bond donors (Lipinski definition) is 0. The largest absolute Gasteiger partial charge is 0.333 e. The van der Waals surface area contributed by atoms with Crippen molar-refractivity contribution in [2.24, 2.45) is 0 Å². The van der Waals surface area contributed by atoms with Gasteiger partial charge in [0.1, 0.15) is 5.78 Å². The van der Waals surface area contributed by atoms with E-state index in [0.717, 1.165) is 12.2 Å². The van der Waals surface area contributed by atoms with E-state index in [2.05, 4.69) is 4.84 Å². The highest BCUT2D eigenvalue weighted by molar-refractivity contribution is 6.12. The van der Waals surface area contributed by atoms with E-state index in [1.165, 1.54) is 6.92 Å². The first-order chi connectivity index (χ1) is 7.00. The van der Waals surface area contributed by atoms with Gasteiger partial charge in [-0.2, -0.15) is 0 Å². The number of hydrogen-bond acceptors (Lipinski definition) is 5. The molecule has 0 bridgehead atoms. The molecule has 1 heterocycles. The first-order valence-corrected chi connectivity index (χ1v) is 4.27. The molecule has 0 saturated heterocycles. The van der Waals surface area contributed by atoms with Gasteiger partial charge in [-0.15, -0.1) is 0 Å². The Hall–Kier alpha value is -1.98. The first kappa shape index (κ1) is 11.1. The van der Waals surface area contributed by atoms with Crippen molar-refractivity contribution in [3.05, 3.63) is 12.2 Å². The van der Waals surface area contributed by atoms with Crippen LogP contribution in [0.4, 0.5) is 0 Å². The Morgan fingerprint density at radius 1 is 1.20 bits per heavy atom. The van der Waals surface area contributed by atoms with Crippen LogP contribution in [0.3, 0.4) is 0 Å². The SMILES string of the molecule is CC(=O)CCC(=O)ON1C(=O)C=CC1=O. The van der Waals surface area contributed by atoms with Crippen LogP contribution in [0.15, 0.2) is 12.2 Å². The Kier molecular flexibility index (Phi) is 3.33. The van der Waals surface area contributed by atoms with Crippen LogP contribution in [-0.2, 0) is 24.0 Å². The molecule has 0 saturated carbocycles. The van der Waals surface area contributed by atoms with Crippen molar-refractivity contribution in [1.29, 1.82) is 0 Å². The molecular weight excluding hydrogens is 202 g/mol. The van der Waals surface area contributed by atoms with Crippen LogP contribution in [0.25, 0.3) is 0 Å². The normalized spacial score (nSPS) is 14.6. The lowest BCUT2D eigenvalue weighted by atomic mass is 10.2. The zero-order chi connectivity index (χ0) is 11.4. The molecule has 1 aliphatic rings. The number of hydroxylamine groups is 2. The van der Waals surface area contributed by atoms with E-state index in [0.29, 0.717) is 5.06 Å². The van der Waals surface area contributed by atoms with Gasteiger partial charge in [0.05, 0.1) is 6.42 Å². The van der Waals surface area contributed by atoms with Crippen LogP contribution >= 0.6 is 0 Å². The summed E-state index contributed by atoms with van der Waals surface area (Å²) in [4.78, 5) is 47.9. The summed E-state index contributed by atoms with van der Waals surface area (Å²) in [6.07, 6.45) is 1.88. The Balaban J connectivity index is 2.42. The van der Waals surface area contributed by atoms with Gasteiger partial charge in [-0.05, 0) is 6.92 Å². The quantitative estimate of drug-likeness (QED) is 0.598. The number of Topliss-reactive ketones (excluding diaryl/α,β-unsaturated/α-hetero) is 1. The molecule has 0 N–H and O–H groups in total. The van der Waals surface area contributed by atoms with E-state index < -0.39 is 17.8 Å². The molecule has 0 aromatic carbocycles. The standard InChI is InChI=1S/C9H9NO5/c1-6(11)2-5-9(14)15-10-7(12)3-4-8(10)13/h3-4H,2,5H2,1H3. The molecule has 1 rings (SSSR count). The minimum atomic E-state index is -0.782. The summed E-state index contributed by atoms with van der Waals surface area (Å²) in [5, 5.41) is 0.364. The predicted octanol–water partition coefficient (Wildman–Crippen LogP) is -0.261. The lowest BCUT2D eigenvalue weighted by Crippen LogP contribution is -2.32. The van der Waals surface area contributed by atoms with Crippen molar-refractivity contribution < 1.29 is 24.0 Å². The summed E-state index contributed by atoms with van der Waals surface area (Å²) in [5.74, 6) is -2.34. The molecule has 0 atom stereocenters. The molecular formula is C9H9NO5. The zero-order valence-electron chi connectivity index (χ0n) is 8.06. The highest BCUT2D eigenvalue weighted by Gasteiger charge is 2.27. The number of rotatable bonds is 4. The molecule has 0 spiro atoms. The van der Waals surface area contributed by atoms with Crippen molar-refractivity contribution >= 4 is 23.6 Å². The second-order valence-electron chi connectivity index (χ2n) is 2.97. The molecule has 0 aromatic rings. The molecule has 1 aliphatic heterocycles.